The highest BCUT2D eigenvalue weighted by Gasteiger charge is 2.30. The van der Waals surface area contributed by atoms with Crippen molar-refractivity contribution in [2.24, 2.45) is 0 Å². The molecule has 2 nitrogen and oxygen atoms in total. The van der Waals surface area contributed by atoms with E-state index in [0.29, 0.717) is 0 Å². The van der Waals surface area contributed by atoms with Crippen LogP contribution in [0.1, 0.15) is 26.2 Å². The first-order chi connectivity index (χ1) is 10.3. The minimum absolute atomic E-state index is 0.290. The molecule has 2 N–H and O–H groups in total. The Morgan fingerprint density at radius 1 is 1.00 bits per heavy atom. The maximum atomic E-state index is 3.66. The molecule has 3 rings (SSSR count). The lowest BCUT2D eigenvalue weighted by molar-refractivity contribution is 0.383. The largest absolute Gasteiger partial charge is 0.383 e. The molecule has 1 fully saturated rings. The molecule has 1 saturated heterocycles. The quantitative estimate of drug-likeness (QED) is 0.853. The van der Waals surface area contributed by atoms with Gasteiger partial charge in [-0.1, -0.05) is 49.4 Å². The monoisotopic (exact) mass is 280 g/mol. The van der Waals surface area contributed by atoms with Gasteiger partial charge in [-0.2, -0.15) is 0 Å². The van der Waals surface area contributed by atoms with E-state index in [9.17, 15) is 0 Å². The van der Waals surface area contributed by atoms with Crippen LogP contribution in [0.15, 0.2) is 54.6 Å². The third kappa shape index (κ3) is 3.27. The Hall–Kier alpha value is -1.80. The molecule has 0 aromatic heterocycles. The SMILES string of the molecule is CCC1(CNc2ccc(-c3ccccc3)cc2)CCCN1. The third-order valence-electron chi connectivity index (χ3n) is 4.63. The van der Waals surface area contributed by atoms with E-state index < -0.39 is 0 Å². The molecule has 1 aliphatic heterocycles. The van der Waals surface area contributed by atoms with Gasteiger partial charge in [-0.05, 0) is 49.1 Å². The van der Waals surface area contributed by atoms with Crippen LogP contribution in [0.25, 0.3) is 11.1 Å². The van der Waals surface area contributed by atoms with Gasteiger partial charge in [-0.3, -0.25) is 0 Å². The highest BCUT2D eigenvalue weighted by molar-refractivity contribution is 5.65. The molecule has 1 aliphatic rings. The Morgan fingerprint density at radius 3 is 2.33 bits per heavy atom. The smallest absolute Gasteiger partial charge is 0.0352 e. The molecular weight excluding hydrogens is 256 g/mol. The van der Waals surface area contributed by atoms with Crippen molar-refractivity contribution >= 4 is 5.69 Å². The summed E-state index contributed by atoms with van der Waals surface area (Å²) in [5.41, 5.74) is 4.03. The molecule has 0 radical (unpaired) electrons. The second kappa shape index (κ2) is 6.31. The zero-order valence-corrected chi connectivity index (χ0v) is 12.7. The third-order valence-corrected chi connectivity index (χ3v) is 4.63. The lowest BCUT2D eigenvalue weighted by Gasteiger charge is -2.29. The van der Waals surface area contributed by atoms with Crippen LogP contribution in [0.5, 0.6) is 0 Å². The zero-order valence-electron chi connectivity index (χ0n) is 12.7. The number of hydrogen-bond donors (Lipinski definition) is 2. The lowest BCUT2D eigenvalue weighted by Crippen LogP contribution is -2.45. The van der Waals surface area contributed by atoms with Crippen LogP contribution in [0.2, 0.25) is 0 Å². The van der Waals surface area contributed by atoms with E-state index in [1.807, 2.05) is 0 Å². The van der Waals surface area contributed by atoms with Crippen molar-refractivity contribution in [2.75, 3.05) is 18.4 Å². The van der Waals surface area contributed by atoms with Crippen molar-refractivity contribution in [1.29, 1.82) is 0 Å². The second-order valence-corrected chi connectivity index (χ2v) is 5.96. The average molecular weight is 280 g/mol. The van der Waals surface area contributed by atoms with Gasteiger partial charge in [0.2, 0.25) is 0 Å². The van der Waals surface area contributed by atoms with Gasteiger partial charge < -0.3 is 10.6 Å². The summed E-state index contributed by atoms with van der Waals surface area (Å²) in [5.74, 6) is 0. The Kier molecular flexibility index (Phi) is 4.26. The summed E-state index contributed by atoms with van der Waals surface area (Å²) >= 11 is 0. The number of benzene rings is 2. The standard InChI is InChI=1S/C19H24N2/c1-2-19(13-6-14-21-19)15-20-18-11-9-17(10-12-18)16-7-4-3-5-8-16/h3-5,7-12,20-21H,2,6,13-15H2,1H3. The van der Waals surface area contributed by atoms with Crippen molar-refractivity contribution in [1.82, 2.24) is 5.32 Å². The molecule has 2 aromatic carbocycles. The van der Waals surface area contributed by atoms with E-state index >= 15 is 0 Å². The van der Waals surface area contributed by atoms with Crippen molar-refractivity contribution < 1.29 is 0 Å². The summed E-state index contributed by atoms with van der Waals surface area (Å²) in [6.07, 6.45) is 3.75. The van der Waals surface area contributed by atoms with E-state index in [4.69, 9.17) is 0 Å². The van der Waals surface area contributed by atoms with Crippen molar-refractivity contribution in [2.45, 2.75) is 31.7 Å². The van der Waals surface area contributed by atoms with Crippen LogP contribution in [0, 0.1) is 0 Å². The predicted octanol–water partition coefficient (Wildman–Crippen LogP) is 4.30. The van der Waals surface area contributed by atoms with Crippen LogP contribution >= 0.6 is 0 Å². The minimum Gasteiger partial charge on any atom is -0.383 e. The Bertz CT molecular complexity index is 554. The van der Waals surface area contributed by atoms with Gasteiger partial charge in [0.25, 0.3) is 0 Å². The summed E-state index contributed by atoms with van der Waals surface area (Å²) < 4.78 is 0. The number of nitrogens with one attached hydrogen (secondary N) is 2. The van der Waals surface area contributed by atoms with E-state index in [0.717, 1.165) is 13.1 Å². The zero-order chi connectivity index (χ0) is 14.5. The molecule has 2 heteroatoms. The van der Waals surface area contributed by atoms with E-state index in [1.165, 1.54) is 36.1 Å². The summed E-state index contributed by atoms with van der Waals surface area (Å²) in [6, 6.07) is 19.3. The summed E-state index contributed by atoms with van der Waals surface area (Å²) in [6.45, 7) is 4.44. The highest BCUT2D eigenvalue weighted by Crippen LogP contribution is 2.25. The lowest BCUT2D eigenvalue weighted by atomic mass is 9.94. The molecule has 0 bridgehead atoms. The fourth-order valence-electron chi connectivity index (χ4n) is 3.13. The Morgan fingerprint density at radius 2 is 1.71 bits per heavy atom. The summed E-state index contributed by atoms with van der Waals surface area (Å²) in [5, 5.41) is 7.26. The van der Waals surface area contributed by atoms with Crippen molar-refractivity contribution in [3.63, 3.8) is 0 Å². The molecule has 0 aliphatic carbocycles. The van der Waals surface area contributed by atoms with Crippen LogP contribution in [0.4, 0.5) is 5.69 Å². The first kappa shape index (κ1) is 14.2. The van der Waals surface area contributed by atoms with Gasteiger partial charge in [0.1, 0.15) is 0 Å². The van der Waals surface area contributed by atoms with Gasteiger partial charge in [-0.15, -0.1) is 0 Å². The predicted molar refractivity (Wildman–Crippen MR) is 90.6 cm³/mol. The van der Waals surface area contributed by atoms with Crippen molar-refractivity contribution in [3.05, 3.63) is 54.6 Å². The van der Waals surface area contributed by atoms with Gasteiger partial charge >= 0.3 is 0 Å². The van der Waals surface area contributed by atoms with Crippen LogP contribution in [0.3, 0.4) is 0 Å². The molecule has 2 aromatic rings. The van der Waals surface area contributed by atoms with Gasteiger partial charge in [0, 0.05) is 17.8 Å². The number of hydrogen-bond acceptors (Lipinski definition) is 2. The molecule has 21 heavy (non-hydrogen) atoms. The molecule has 110 valence electrons. The van der Waals surface area contributed by atoms with Crippen LogP contribution in [-0.2, 0) is 0 Å². The molecule has 1 unspecified atom stereocenters. The normalized spacial score (nSPS) is 21.4. The Labute approximate surface area is 127 Å². The van der Waals surface area contributed by atoms with E-state index in [2.05, 4.69) is 72.2 Å². The van der Waals surface area contributed by atoms with Gasteiger partial charge in [-0.25, -0.2) is 0 Å². The maximum absolute atomic E-state index is 3.66. The molecule has 1 heterocycles. The minimum atomic E-state index is 0.290. The highest BCUT2D eigenvalue weighted by atomic mass is 15.1. The first-order valence-electron chi connectivity index (χ1n) is 7.96. The van der Waals surface area contributed by atoms with Crippen LogP contribution in [-0.4, -0.2) is 18.6 Å². The van der Waals surface area contributed by atoms with E-state index in [1.54, 1.807) is 0 Å². The molecule has 0 saturated carbocycles. The van der Waals surface area contributed by atoms with Gasteiger partial charge in [0.05, 0.1) is 0 Å². The fourth-order valence-corrected chi connectivity index (χ4v) is 3.13. The number of anilines is 1. The second-order valence-electron chi connectivity index (χ2n) is 5.96. The topological polar surface area (TPSA) is 24.1 Å². The van der Waals surface area contributed by atoms with Crippen LogP contribution < -0.4 is 10.6 Å². The summed E-state index contributed by atoms with van der Waals surface area (Å²) in [7, 11) is 0. The van der Waals surface area contributed by atoms with Gasteiger partial charge in [0.15, 0.2) is 0 Å². The summed E-state index contributed by atoms with van der Waals surface area (Å²) in [4.78, 5) is 0. The molecule has 0 amide bonds. The first-order valence-corrected chi connectivity index (χ1v) is 7.96. The average Bonchev–Trinajstić information content (AvgIpc) is 3.04. The van der Waals surface area contributed by atoms with Crippen molar-refractivity contribution in [3.8, 4) is 11.1 Å². The fraction of sp³-hybridized carbons (Fsp3) is 0.368. The molecule has 1 atom stereocenters. The number of rotatable bonds is 5. The van der Waals surface area contributed by atoms with E-state index in [-0.39, 0.29) is 5.54 Å². The molecule has 0 spiro atoms. The Balaban J connectivity index is 1.65. The molecular formula is C19H24N2. The maximum Gasteiger partial charge on any atom is 0.0352 e.